The number of aliphatic hydroxyl groups excluding tert-OH is 1. The summed E-state index contributed by atoms with van der Waals surface area (Å²) in [7, 11) is 0. The van der Waals surface area contributed by atoms with Gasteiger partial charge in [-0.3, -0.25) is 4.79 Å². The Morgan fingerprint density at radius 3 is 2.35 bits per heavy atom. The lowest BCUT2D eigenvalue weighted by molar-refractivity contribution is 0.0753. The molecule has 0 atom stereocenters. The van der Waals surface area contributed by atoms with Gasteiger partial charge in [-0.05, 0) is 32.4 Å². The van der Waals surface area contributed by atoms with E-state index >= 15 is 0 Å². The quantitative estimate of drug-likeness (QED) is 0.808. The van der Waals surface area contributed by atoms with E-state index in [1.54, 1.807) is 13.8 Å². The molecule has 0 aliphatic rings. The SMILES string of the molecule is CCNc1c(F)cc(C(=O)N(CC)CCCO)cc1F. The zero-order valence-electron chi connectivity index (χ0n) is 11.7. The van der Waals surface area contributed by atoms with Crippen LogP contribution in [0.4, 0.5) is 14.5 Å². The van der Waals surface area contributed by atoms with E-state index in [1.165, 1.54) is 4.90 Å². The number of anilines is 1. The van der Waals surface area contributed by atoms with E-state index in [4.69, 9.17) is 5.11 Å². The lowest BCUT2D eigenvalue weighted by Crippen LogP contribution is -2.32. The zero-order valence-corrected chi connectivity index (χ0v) is 11.7. The summed E-state index contributed by atoms with van der Waals surface area (Å²) in [6, 6.07) is 2.07. The first-order valence-corrected chi connectivity index (χ1v) is 6.68. The van der Waals surface area contributed by atoms with Gasteiger partial charge in [-0.1, -0.05) is 0 Å². The predicted octanol–water partition coefficient (Wildman–Crippen LogP) is 2.24. The fourth-order valence-electron chi connectivity index (χ4n) is 1.89. The molecule has 2 N–H and O–H groups in total. The summed E-state index contributed by atoms with van der Waals surface area (Å²) in [5.41, 5.74) is -0.246. The van der Waals surface area contributed by atoms with Crippen LogP contribution in [0.5, 0.6) is 0 Å². The molecule has 0 saturated carbocycles. The highest BCUT2D eigenvalue weighted by Crippen LogP contribution is 2.21. The molecule has 0 radical (unpaired) electrons. The highest BCUT2D eigenvalue weighted by molar-refractivity contribution is 5.94. The molecule has 4 nitrogen and oxygen atoms in total. The van der Waals surface area contributed by atoms with Gasteiger partial charge in [0.15, 0.2) is 0 Å². The Balaban J connectivity index is 2.98. The summed E-state index contributed by atoms with van der Waals surface area (Å²) in [5, 5.41) is 11.4. The smallest absolute Gasteiger partial charge is 0.254 e. The molecule has 0 unspecified atom stereocenters. The minimum atomic E-state index is -0.784. The van der Waals surface area contributed by atoms with Crippen LogP contribution in [0.1, 0.15) is 30.6 Å². The summed E-state index contributed by atoms with van der Waals surface area (Å²) in [6.07, 6.45) is 0.431. The highest BCUT2D eigenvalue weighted by atomic mass is 19.1. The Kier molecular flexibility index (Phi) is 6.38. The van der Waals surface area contributed by atoms with Gasteiger partial charge in [0.05, 0.1) is 0 Å². The van der Waals surface area contributed by atoms with E-state index in [1.807, 2.05) is 0 Å². The maximum absolute atomic E-state index is 13.8. The molecule has 1 aromatic carbocycles. The van der Waals surface area contributed by atoms with Crippen molar-refractivity contribution >= 4 is 11.6 Å². The summed E-state index contributed by atoms with van der Waals surface area (Å²) in [4.78, 5) is 13.6. The number of aliphatic hydroxyl groups is 1. The number of carbonyl (C=O) groups is 1. The maximum Gasteiger partial charge on any atom is 0.254 e. The van der Waals surface area contributed by atoms with Crippen molar-refractivity contribution in [3.05, 3.63) is 29.3 Å². The molecule has 112 valence electrons. The standard InChI is InChI=1S/C14H20F2N2O2/c1-3-17-13-11(15)8-10(9-12(13)16)14(20)18(4-2)6-5-7-19/h8-9,17,19H,3-7H2,1-2H3. The Bertz CT molecular complexity index is 443. The van der Waals surface area contributed by atoms with Crippen LogP contribution in [-0.4, -0.2) is 42.2 Å². The number of halogens is 2. The van der Waals surface area contributed by atoms with Crippen molar-refractivity contribution in [2.45, 2.75) is 20.3 Å². The molecule has 0 fully saturated rings. The number of hydrogen-bond acceptors (Lipinski definition) is 3. The molecule has 0 aliphatic carbocycles. The number of benzene rings is 1. The molecule has 0 aromatic heterocycles. The molecule has 0 bridgehead atoms. The van der Waals surface area contributed by atoms with E-state index < -0.39 is 17.5 Å². The summed E-state index contributed by atoms with van der Waals surface area (Å²) in [6.45, 7) is 4.62. The van der Waals surface area contributed by atoms with E-state index in [2.05, 4.69) is 5.32 Å². The first-order valence-electron chi connectivity index (χ1n) is 6.68. The number of rotatable bonds is 7. The monoisotopic (exact) mass is 286 g/mol. The Hall–Kier alpha value is -1.69. The lowest BCUT2D eigenvalue weighted by Gasteiger charge is -2.21. The van der Waals surface area contributed by atoms with Crippen LogP contribution in [-0.2, 0) is 0 Å². The molecule has 1 rings (SSSR count). The Labute approximate surface area is 117 Å². The molecule has 1 aromatic rings. The number of nitrogens with one attached hydrogen (secondary N) is 1. The molecular formula is C14H20F2N2O2. The molecule has 0 saturated heterocycles. The van der Waals surface area contributed by atoms with Crippen molar-refractivity contribution in [3.8, 4) is 0 Å². The first kappa shape index (κ1) is 16.4. The van der Waals surface area contributed by atoms with Crippen molar-refractivity contribution in [2.75, 3.05) is 31.6 Å². The fourth-order valence-corrected chi connectivity index (χ4v) is 1.89. The van der Waals surface area contributed by atoms with Crippen molar-refractivity contribution in [3.63, 3.8) is 0 Å². The molecule has 0 heterocycles. The number of hydrogen-bond donors (Lipinski definition) is 2. The van der Waals surface area contributed by atoms with Crippen LogP contribution in [0.3, 0.4) is 0 Å². The molecule has 1 amide bonds. The van der Waals surface area contributed by atoms with Crippen LogP contribution < -0.4 is 5.32 Å². The minimum Gasteiger partial charge on any atom is -0.396 e. The number of carbonyl (C=O) groups excluding carboxylic acids is 1. The van der Waals surface area contributed by atoms with Crippen LogP contribution in [0, 0.1) is 11.6 Å². The third-order valence-electron chi connectivity index (χ3n) is 2.90. The van der Waals surface area contributed by atoms with Gasteiger partial charge in [0, 0.05) is 31.8 Å². The Morgan fingerprint density at radius 1 is 1.30 bits per heavy atom. The van der Waals surface area contributed by atoms with E-state index in [0.29, 0.717) is 26.1 Å². The predicted molar refractivity (Wildman–Crippen MR) is 73.8 cm³/mol. The van der Waals surface area contributed by atoms with Crippen molar-refractivity contribution in [2.24, 2.45) is 0 Å². The van der Waals surface area contributed by atoms with Gasteiger partial charge >= 0.3 is 0 Å². The highest BCUT2D eigenvalue weighted by Gasteiger charge is 2.18. The molecule has 0 aliphatic heterocycles. The van der Waals surface area contributed by atoms with Crippen molar-refractivity contribution in [1.29, 1.82) is 0 Å². The topological polar surface area (TPSA) is 52.6 Å². The largest absolute Gasteiger partial charge is 0.396 e. The fraction of sp³-hybridized carbons (Fsp3) is 0.500. The minimum absolute atomic E-state index is 0.0264. The van der Waals surface area contributed by atoms with Crippen molar-refractivity contribution < 1.29 is 18.7 Å². The van der Waals surface area contributed by atoms with Gasteiger partial charge in [-0.2, -0.15) is 0 Å². The maximum atomic E-state index is 13.8. The van der Waals surface area contributed by atoms with Crippen LogP contribution in [0.25, 0.3) is 0 Å². The second kappa shape index (κ2) is 7.79. The van der Waals surface area contributed by atoms with E-state index in [-0.39, 0.29) is 17.9 Å². The zero-order chi connectivity index (χ0) is 15.1. The molecule has 6 heteroatoms. The first-order chi connectivity index (χ1) is 9.54. The third-order valence-corrected chi connectivity index (χ3v) is 2.90. The van der Waals surface area contributed by atoms with Gasteiger partial charge < -0.3 is 15.3 Å². The number of amides is 1. The summed E-state index contributed by atoms with van der Waals surface area (Å²) >= 11 is 0. The lowest BCUT2D eigenvalue weighted by atomic mass is 10.1. The van der Waals surface area contributed by atoms with Gasteiger partial charge in [-0.15, -0.1) is 0 Å². The second-order valence-electron chi connectivity index (χ2n) is 4.31. The molecule has 20 heavy (non-hydrogen) atoms. The Morgan fingerprint density at radius 2 is 1.90 bits per heavy atom. The average Bonchev–Trinajstić information content (AvgIpc) is 2.43. The van der Waals surface area contributed by atoms with Gasteiger partial charge in [0.25, 0.3) is 5.91 Å². The van der Waals surface area contributed by atoms with Gasteiger partial charge in [0.2, 0.25) is 0 Å². The van der Waals surface area contributed by atoms with Gasteiger partial charge in [0.1, 0.15) is 17.3 Å². The number of nitrogens with zero attached hydrogens (tertiary/aromatic N) is 1. The third kappa shape index (κ3) is 3.90. The van der Waals surface area contributed by atoms with Crippen LogP contribution >= 0.6 is 0 Å². The van der Waals surface area contributed by atoms with Crippen LogP contribution in [0.2, 0.25) is 0 Å². The van der Waals surface area contributed by atoms with E-state index in [9.17, 15) is 13.6 Å². The summed E-state index contributed by atoms with van der Waals surface area (Å²) in [5.74, 6) is -2.01. The van der Waals surface area contributed by atoms with E-state index in [0.717, 1.165) is 12.1 Å². The molecular weight excluding hydrogens is 266 g/mol. The molecule has 0 spiro atoms. The summed E-state index contributed by atoms with van der Waals surface area (Å²) < 4.78 is 27.5. The van der Waals surface area contributed by atoms with Crippen LogP contribution in [0.15, 0.2) is 12.1 Å². The van der Waals surface area contributed by atoms with Crippen molar-refractivity contribution in [1.82, 2.24) is 4.90 Å². The normalized spacial score (nSPS) is 10.4. The van der Waals surface area contributed by atoms with Gasteiger partial charge in [-0.25, -0.2) is 8.78 Å². The second-order valence-corrected chi connectivity index (χ2v) is 4.31. The average molecular weight is 286 g/mol.